The van der Waals surface area contributed by atoms with Gasteiger partial charge in [-0.25, -0.2) is 0 Å². The molecule has 0 spiro atoms. The molecule has 140 valence electrons. The van der Waals surface area contributed by atoms with Crippen molar-refractivity contribution in [1.29, 1.82) is 0 Å². The molecule has 1 aromatic rings. The van der Waals surface area contributed by atoms with E-state index in [0.717, 1.165) is 25.9 Å². The third-order valence-corrected chi connectivity index (χ3v) is 4.46. The standard InChI is InChI=1S/C18H28F2N4O/c1-13(2)24-10-8-15(9-11-24)23-18(21-3)22-12-14-6-4-5-7-16(14)25-17(19)20/h4-7,13,15,17H,8-12H2,1-3H3,(H2,21,22,23). The summed E-state index contributed by atoms with van der Waals surface area (Å²) < 4.78 is 29.5. The summed E-state index contributed by atoms with van der Waals surface area (Å²) in [6, 6.07) is 7.72. The minimum Gasteiger partial charge on any atom is -0.434 e. The molecule has 0 unspecified atom stereocenters. The summed E-state index contributed by atoms with van der Waals surface area (Å²) in [7, 11) is 1.71. The van der Waals surface area contributed by atoms with Crippen LogP contribution in [-0.2, 0) is 6.54 Å². The molecule has 0 radical (unpaired) electrons. The van der Waals surface area contributed by atoms with Crippen molar-refractivity contribution in [2.45, 2.75) is 51.9 Å². The number of aliphatic imine (C=N–C) groups is 1. The number of likely N-dealkylation sites (tertiary alicyclic amines) is 1. The van der Waals surface area contributed by atoms with Gasteiger partial charge in [0.25, 0.3) is 0 Å². The Hall–Kier alpha value is -1.89. The maximum Gasteiger partial charge on any atom is 0.387 e. The van der Waals surface area contributed by atoms with Crippen molar-refractivity contribution in [2.75, 3.05) is 20.1 Å². The Bertz CT molecular complexity index is 558. The Labute approximate surface area is 148 Å². The predicted molar refractivity (Wildman–Crippen MR) is 96.1 cm³/mol. The van der Waals surface area contributed by atoms with Gasteiger partial charge >= 0.3 is 6.61 Å². The fourth-order valence-corrected chi connectivity index (χ4v) is 2.99. The van der Waals surface area contributed by atoms with Crippen molar-refractivity contribution in [3.05, 3.63) is 29.8 Å². The summed E-state index contributed by atoms with van der Waals surface area (Å²) >= 11 is 0. The van der Waals surface area contributed by atoms with Crippen LogP contribution in [0.4, 0.5) is 8.78 Å². The molecule has 1 aliphatic heterocycles. The number of nitrogens with zero attached hydrogens (tertiary/aromatic N) is 2. The molecule has 0 atom stereocenters. The summed E-state index contributed by atoms with van der Waals surface area (Å²) in [5.41, 5.74) is 0.667. The van der Waals surface area contributed by atoms with Crippen LogP contribution < -0.4 is 15.4 Å². The van der Waals surface area contributed by atoms with E-state index in [2.05, 4.69) is 39.1 Å². The molecule has 1 fully saturated rings. The van der Waals surface area contributed by atoms with E-state index in [9.17, 15) is 8.78 Å². The summed E-state index contributed by atoms with van der Waals surface area (Å²) in [6.45, 7) is 4.10. The highest BCUT2D eigenvalue weighted by Crippen LogP contribution is 2.20. The molecular formula is C18H28F2N4O. The van der Waals surface area contributed by atoms with Crippen LogP contribution in [0.3, 0.4) is 0 Å². The number of benzene rings is 1. The van der Waals surface area contributed by atoms with Gasteiger partial charge < -0.3 is 20.3 Å². The first kappa shape index (κ1) is 19.4. The van der Waals surface area contributed by atoms with Crippen LogP contribution in [0, 0.1) is 0 Å². The van der Waals surface area contributed by atoms with Gasteiger partial charge in [-0.15, -0.1) is 0 Å². The van der Waals surface area contributed by atoms with E-state index < -0.39 is 6.61 Å². The molecule has 2 rings (SSSR count). The lowest BCUT2D eigenvalue weighted by atomic mass is 10.0. The third kappa shape index (κ3) is 6.16. The van der Waals surface area contributed by atoms with E-state index in [1.54, 1.807) is 31.3 Å². The van der Waals surface area contributed by atoms with Gasteiger partial charge in [0.2, 0.25) is 0 Å². The molecule has 1 heterocycles. The monoisotopic (exact) mass is 354 g/mol. The molecule has 1 aromatic carbocycles. The summed E-state index contributed by atoms with van der Waals surface area (Å²) in [4.78, 5) is 6.70. The molecule has 0 saturated carbocycles. The number of ether oxygens (including phenoxy) is 1. The highest BCUT2D eigenvalue weighted by atomic mass is 19.3. The SMILES string of the molecule is CN=C(NCc1ccccc1OC(F)F)NC1CCN(C(C)C)CC1. The van der Waals surface area contributed by atoms with Gasteiger partial charge in [0.15, 0.2) is 5.96 Å². The average Bonchev–Trinajstić information content (AvgIpc) is 2.59. The maximum absolute atomic E-state index is 12.5. The lowest BCUT2D eigenvalue weighted by molar-refractivity contribution is -0.0504. The Morgan fingerprint density at radius 1 is 1.28 bits per heavy atom. The van der Waals surface area contributed by atoms with Crippen LogP contribution in [0.15, 0.2) is 29.3 Å². The first-order chi connectivity index (χ1) is 12.0. The minimum absolute atomic E-state index is 0.186. The molecule has 1 saturated heterocycles. The number of para-hydroxylation sites is 1. The number of halogens is 2. The second kappa shape index (κ2) is 9.56. The molecule has 0 amide bonds. The second-order valence-corrected chi connectivity index (χ2v) is 6.46. The Kier molecular flexibility index (Phi) is 7.43. The van der Waals surface area contributed by atoms with Crippen LogP contribution in [0.2, 0.25) is 0 Å². The Morgan fingerprint density at radius 3 is 2.56 bits per heavy atom. The summed E-state index contributed by atoms with van der Waals surface area (Å²) in [6.07, 6.45) is 2.12. The molecule has 25 heavy (non-hydrogen) atoms. The summed E-state index contributed by atoms with van der Waals surface area (Å²) in [5.74, 6) is 0.862. The molecular weight excluding hydrogens is 326 g/mol. The second-order valence-electron chi connectivity index (χ2n) is 6.46. The number of hydrogen-bond donors (Lipinski definition) is 2. The molecule has 0 aromatic heterocycles. The molecule has 1 aliphatic rings. The van der Waals surface area contributed by atoms with Crippen molar-refractivity contribution >= 4 is 5.96 Å². The molecule has 2 N–H and O–H groups in total. The zero-order valence-corrected chi connectivity index (χ0v) is 15.1. The van der Waals surface area contributed by atoms with Gasteiger partial charge in [0, 0.05) is 44.3 Å². The molecule has 0 aliphatic carbocycles. The lowest BCUT2D eigenvalue weighted by Gasteiger charge is -2.35. The summed E-state index contributed by atoms with van der Waals surface area (Å²) in [5, 5.41) is 6.60. The Balaban J connectivity index is 1.85. The van der Waals surface area contributed by atoms with Gasteiger partial charge in [-0.05, 0) is 32.8 Å². The van der Waals surface area contributed by atoms with E-state index in [4.69, 9.17) is 0 Å². The van der Waals surface area contributed by atoms with Crippen LogP contribution in [0.1, 0.15) is 32.3 Å². The van der Waals surface area contributed by atoms with Crippen molar-refractivity contribution in [2.24, 2.45) is 4.99 Å². The van der Waals surface area contributed by atoms with Crippen molar-refractivity contribution < 1.29 is 13.5 Å². The quantitative estimate of drug-likeness (QED) is 0.609. The van der Waals surface area contributed by atoms with E-state index >= 15 is 0 Å². The Morgan fingerprint density at radius 2 is 1.96 bits per heavy atom. The van der Waals surface area contributed by atoms with E-state index in [-0.39, 0.29) is 5.75 Å². The van der Waals surface area contributed by atoms with E-state index in [0.29, 0.717) is 30.2 Å². The molecule has 7 heteroatoms. The smallest absolute Gasteiger partial charge is 0.387 e. The third-order valence-electron chi connectivity index (χ3n) is 4.46. The topological polar surface area (TPSA) is 48.9 Å². The number of alkyl halides is 2. The minimum atomic E-state index is -2.83. The van der Waals surface area contributed by atoms with Gasteiger partial charge in [-0.1, -0.05) is 18.2 Å². The number of nitrogens with one attached hydrogen (secondary N) is 2. The van der Waals surface area contributed by atoms with Crippen molar-refractivity contribution in [3.8, 4) is 5.75 Å². The fourth-order valence-electron chi connectivity index (χ4n) is 2.99. The maximum atomic E-state index is 12.5. The van der Waals surface area contributed by atoms with Crippen molar-refractivity contribution in [1.82, 2.24) is 15.5 Å². The normalized spacial score (nSPS) is 17.2. The predicted octanol–water partition coefficient (Wildman–Crippen LogP) is 2.83. The van der Waals surface area contributed by atoms with Gasteiger partial charge in [-0.2, -0.15) is 8.78 Å². The number of piperidine rings is 1. The van der Waals surface area contributed by atoms with Crippen LogP contribution in [0.5, 0.6) is 5.75 Å². The van der Waals surface area contributed by atoms with Crippen LogP contribution in [-0.4, -0.2) is 49.7 Å². The zero-order chi connectivity index (χ0) is 18.2. The number of hydrogen-bond acceptors (Lipinski definition) is 3. The van der Waals surface area contributed by atoms with Gasteiger partial charge in [0.1, 0.15) is 5.75 Å². The van der Waals surface area contributed by atoms with Crippen molar-refractivity contribution in [3.63, 3.8) is 0 Å². The highest BCUT2D eigenvalue weighted by Gasteiger charge is 2.21. The molecule has 5 nitrogen and oxygen atoms in total. The zero-order valence-electron chi connectivity index (χ0n) is 15.1. The van der Waals surface area contributed by atoms with Gasteiger partial charge in [-0.3, -0.25) is 4.99 Å². The van der Waals surface area contributed by atoms with Gasteiger partial charge in [0.05, 0.1) is 0 Å². The first-order valence-electron chi connectivity index (χ1n) is 8.73. The first-order valence-corrected chi connectivity index (χ1v) is 8.73. The number of guanidine groups is 1. The van der Waals surface area contributed by atoms with E-state index in [1.807, 2.05) is 0 Å². The average molecular weight is 354 g/mol. The van der Waals surface area contributed by atoms with Crippen LogP contribution >= 0.6 is 0 Å². The van der Waals surface area contributed by atoms with E-state index in [1.165, 1.54) is 0 Å². The lowest BCUT2D eigenvalue weighted by Crippen LogP contribution is -2.49. The largest absolute Gasteiger partial charge is 0.434 e. The molecule has 0 bridgehead atoms. The highest BCUT2D eigenvalue weighted by molar-refractivity contribution is 5.80. The van der Waals surface area contributed by atoms with Crippen LogP contribution in [0.25, 0.3) is 0 Å². The fraction of sp³-hybridized carbons (Fsp3) is 0.611. The number of rotatable bonds is 6.